The summed E-state index contributed by atoms with van der Waals surface area (Å²) in [6.45, 7) is 2.18. The van der Waals surface area contributed by atoms with Gasteiger partial charge in [-0.2, -0.15) is 0 Å². The zero-order chi connectivity index (χ0) is 13.5. The van der Waals surface area contributed by atoms with Crippen LogP contribution in [0.1, 0.15) is 24.6 Å². The smallest absolute Gasteiger partial charge is 0.220 e. The van der Waals surface area contributed by atoms with Crippen LogP contribution in [0.4, 0.5) is 5.95 Å². The second-order valence-corrected chi connectivity index (χ2v) is 5.20. The van der Waals surface area contributed by atoms with Crippen molar-refractivity contribution in [2.75, 3.05) is 11.5 Å². The van der Waals surface area contributed by atoms with Gasteiger partial charge in [0.15, 0.2) is 0 Å². The second-order valence-electron chi connectivity index (χ2n) is 4.06. The van der Waals surface area contributed by atoms with E-state index in [-0.39, 0.29) is 0 Å². The number of thioether (sulfide) groups is 1. The van der Waals surface area contributed by atoms with Crippen molar-refractivity contribution in [3.8, 4) is 0 Å². The normalized spacial score (nSPS) is 11.5. The Morgan fingerprint density at radius 2 is 2.05 bits per heavy atom. The van der Waals surface area contributed by atoms with Crippen LogP contribution < -0.4 is 5.73 Å². The minimum Gasteiger partial charge on any atom is -0.368 e. The highest BCUT2D eigenvalue weighted by Gasteiger charge is 2.03. The first-order chi connectivity index (χ1) is 9.29. The van der Waals surface area contributed by atoms with Crippen LogP contribution in [0.5, 0.6) is 0 Å². The lowest BCUT2D eigenvalue weighted by atomic mass is 10.2. The number of rotatable bonds is 5. The van der Waals surface area contributed by atoms with Crippen LogP contribution in [0.25, 0.3) is 11.0 Å². The monoisotopic (exact) mass is 271 g/mol. The molecule has 0 unspecified atom stereocenters. The van der Waals surface area contributed by atoms with Gasteiger partial charge in [-0.15, -0.1) is 11.8 Å². The zero-order valence-electron chi connectivity index (χ0n) is 10.9. The van der Waals surface area contributed by atoms with Crippen molar-refractivity contribution in [1.82, 2.24) is 9.97 Å². The first kappa shape index (κ1) is 13.6. The van der Waals surface area contributed by atoms with Gasteiger partial charge >= 0.3 is 0 Å². The molecule has 0 fully saturated rings. The summed E-state index contributed by atoms with van der Waals surface area (Å²) < 4.78 is 0. The van der Waals surface area contributed by atoms with Gasteiger partial charge in [0.1, 0.15) is 0 Å². The number of nitrogens with zero attached hydrogens (tertiary/aromatic N) is 2. The Morgan fingerprint density at radius 3 is 2.74 bits per heavy atom. The Bertz CT molecular complexity index is 552. The van der Waals surface area contributed by atoms with Crippen LogP contribution in [0.2, 0.25) is 0 Å². The van der Waals surface area contributed by atoms with E-state index in [0.717, 1.165) is 17.9 Å². The molecule has 1 aromatic carbocycles. The van der Waals surface area contributed by atoms with Crippen LogP contribution in [0, 0.1) is 0 Å². The van der Waals surface area contributed by atoms with Gasteiger partial charge in [-0.3, -0.25) is 0 Å². The van der Waals surface area contributed by atoms with E-state index in [2.05, 4.69) is 35.1 Å². The molecule has 0 bridgehead atoms. The van der Waals surface area contributed by atoms with Crippen molar-refractivity contribution in [3.63, 3.8) is 0 Å². The molecule has 1 heterocycles. The molecular formula is C15H17N3S. The molecule has 0 aliphatic rings. The maximum Gasteiger partial charge on any atom is 0.220 e. The molecule has 0 aliphatic carbocycles. The van der Waals surface area contributed by atoms with E-state index in [1.807, 2.05) is 36.0 Å². The van der Waals surface area contributed by atoms with Crippen LogP contribution in [-0.2, 0) is 0 Å². The van der Waals surface area contributed by atoms with E-state index in [9.17, 15) is 0 Å². The van der Waals surface area contributed by atoms with E-state index in [1.54, 1.807) is 6.20 Å². The maximum atomic E-state index is 5.61. The molecule has 0 atom stereocenters. The summed E-state index contributed by atoms with van der Waals surface area (Å²) in [5, 5.41) is 0. The third-order valence-electron chi connectivity index (χ3n) is 2.49. The average molecular weight is 271 g/mol. The fourth-order valence-corrected chi connectivity index (χ4v) is 2.56. The van der Waals surface area contributed by atoms with Crippen LogP contribution in [-0.4, -0.2) is 15.7 Å². The molecule has 0 radical (unpaired) electrons. The van der Waals surface area contributed by atoms with Crippen molar-refractivity contribution in [3.05, 3.63) is 53.9 Å². The number of hydrogen-bond donors (Lipinski definition) is 1. The molecule has 19 heavy (non-hydrogen) atoms. The number of aromatic nitrogens is 2. The van der Waals surface area contributed by atoms with Crippen molar-refractivity contribution in [1.29, 1.82) is 0 Å². The number of anilines is 1. The maximum absolute atomic E-state index is 5.61. The molecule has 2 rings (SSSR count). The van der Waals surface area contributed by atoms with Gasteiger partial charge in [0.25, 0.3) is 0 Å². The van der Waals surface area contributed by atoms with Gasteiger partial charge in [0.05, 0.1) is 5.69 Å². The van der Waals surface area contributed by atoms with E-state index in [4.69, 9.17) is 5.73 Å². The van der Waals surface area contributed by atoms with Crippen LogP contribution in [0.3, 0.4) is 0 Å². The summed E-state index contributed by atoms with van der Waals surface area (Å²) in [5.41, 5.74) is 7.66. The molecule has 3 nitrogen and oxygen atoms in total. The van der Waals surface area contributed by atoms with Gasteiger partial charge in [-0.1, -0.05) is 37.3 Å². The van der Waals surface area contributed by atoms with Crippen molar-refractivity contribution < 1.29 is 0 Å². The Kier molecular flexibility index (Phi) is 4.98. The topological polar surface area (TPSA) is 51.8 Å². The zero-order valence-corrected chi connectivity index (χ0v) is 11.7. The highest BCUT2D eigenvalue weighted by atomic mass is 32.2. The highest BCUT2D eigenvalue weighted by molar-refractivity contribution is 8.08. The molecule has 98 valence electrons. The number of nitrogen functional groups attached to an aromatic ring is 1. The molecular weight excluding hydrogens is 254 g/mol. The standard InChI is InChI=1S/C15H17N3S/c1-2-10-19-14(12-6-4-3-5-7-12)11-13-8-9-17-15(16)18-13/h3-9,11H,2,10H2,1H3,(H2,16,17,18)/b14-11-. The number of benzene rings is 1. The van der Waals surface area contributed by atoms with Crippen molar-refractivity contribution >= 4 is 28.7 Å². The SMILES string of the molecule is CCCS/C(=C\c1ccnc(N)n1)c1ccccc1. The fraction of sp³-hybridized carbons (Fsp3) is 0.200. The predicted octanol–water partition coefficient (Wildman–Crippen LogP) is 3.70. The predicted molar refractivity (Wildman–Crippen MR) is 83.5 cm³/mol. The molecule has 0 saturated heterocycles. The van der Waals surface area contributed by atoms with Gasteiger partial charge in [-0.25, -0.2) is 9.97 Å². The summed E-state index contributed by atoms with van der Waals surface area (Å²) in [5.74, 6) is 1.39. The Balaban J connectivity index is 2.32. The van der Waals surface area contributed by atoms with E-state index in [1.165, 1.54) is 10.5 Å². The Labute approximate surface area is 118 Å². The van der Waals surface area contributed by atoms with Gasteiger partial charge in [-0.05, 0) is 29.9 Å². The molecule has 0 aliphatic heterocycles. The number of nitrogens with two attached hydrogens (primary N) is 1. The lowest BCUT2D eigenvalue weighted by molar-refractivity contribution is 1.11. The lowest BCUT2D eigenvalue weighted by Crippen LogP contribution is -1.95. The molecule has 2 aromatic rings. The first-order valence-corrected chi connectivity index (χ1v) is 7.26. The third kappa shape index (κ3) is 4.10. The number of hydrogen-bond acceptors (Lipinski definition) is 4. The second kappa shape index (κ2) is 6.95. The van der Waals surface area contributed by atoms with Gasteiger partial charge in [0, 0.05) is 11.1 Å². The highest BCUT2D eigenvalue weighted by Crippen LogP contribution is 2.29. The summed E-state index contributed by atoms with van der Waals surface area (Å²) in [6.07, 6.45) is 4.88. The lowest BCUT2D eigenvalue weighted by Gasteiger charge is -2.07. The molecule has 2 N–H and O–H groups in total. The van der Waals surface area contributed by atoms with Gasteiger partial charge < -0.3 is 5.73 Å². The Morgan fingerprint density at radius 1 is 1.26 bits per heavy atom. The summed E-state index contributed by atoms with van der Waals surface area (Å²) in [7, 11) is 0. The van der Waals surface area contributed by atoms with E-state index >= 15 is 0 Å². The van der Waals surface area contributed by atoms with Crippen molar-refractivity contribution in [2.45, 2.75) is 13.3 Å². The largest absolute Gasteiger partial charge is 0.368 e. The molecule has 0 spiro atoms. The van der Waals surface area contributed by atoms with Crippen LogP contribution in [0.15, 0.2) is 42.6 Å². The minimum absolute atomic E-state index is 0.307. The van der Waals surface area contributed by atoms with E-state index < -0.39 is 0 Å². The minimum atomic E-state index is 0.307. The van der Waals surface area contributed by atoms with Crippen molar-refractivity contribution in [2.24, 2.45) is 0 Å². The summed E-state index contributed by atoms with van der Waals surface area (Å²) >= 11 is 1.84. The van der Waals surface area contributed by atoms with Gasteiger partial charge in [0.2, 0.25) is 5.95 Å². The molecule has 1 aromatic heterocycles. The molecule has 4 heteroatoms. The average Bonchev–Trinajstić information content (AvgIpc) is 2.44. The fourth-order valence-electron chi connectivity index (χ4n) is 1.63. The summed E-state index contributed by atoms with van der Waals surface area (Å²) in [4.78, 5) is 9.34. The van der Waals surface area contributed by atoms with Crippen LogP contribution >= 0.6 is 11.8 Å². The Hall–Kier alpha value is -1.81. The summed E-state index contributed by atoms with van der Waals surface area (Å²) in [6, 6.07) is 12.2. The third-order valence-corrected chi connectivity index (χ3v) is 3.77. The molecule has 0 amide bonds. The molecule has 0 saturated carbocycles. The first-order valence-electron chi connectivity index (χ1n) is 6.28. The van der Waals surface area contributed by atoms with E-state index in [0.29, 0.717) is 5.95 Å². The quantitative estimate of drug-likeness (QED) is 0.901.